The molecule has 2 heterocycles. The molecule has 1 aromatic rings. The highest BCUT2D eigenvalue weighted by atomic mass is 16.1. The van der Waals surface area contributed by atoms with Gasteiger partial charge < -0.3 is 10.6 Å². The molecule has 1 saturated heterocycles. The van der Waals surface area contributed by atoms with Gasteiger partial charge in [-0.15, -0.1) is 0 Å². The van der Waals surface area contributed by atoms with Crippen molar-refractivity contribution < 1.29 is 4.79 Å². The van der Waals surface area contributed by atoms with Crippen molar-refractivity contribution in [2.24, 2.45) is 11.7 Å². The van der Waals surface area contributed by atoms with Crippen LogP contribution < -0.4 is 5.73 Å². The van der Waals surface area contributed by atoms with Crippen molar-refractivity contribution in [3.05, 3.63) is 29.6 Å². The standard InChI is InChI=1S/C15H23N3O/c1-11(2)18-8-4-5-12(10-18)9-14-13(15(16)19)6-3-7-17-14/h3,6-7,11-12H,4-5,8-10H2,1-2H3,(H2,16,19). The maximum atomic E-state index is 11.4. The van der Waals surface area contributed by atoms with Crippen LogP contribution in [0, 0.1) is 5.92 Å². The van der Waals surface area contributed by atoms with Crippen LogP contribution in [-0.2, 0) is 6.42 Å². The van der Waals surface area contributed by atoms with E-state index in [1.165, 1.54) is 19.4 Å². The van der Waals surface area contributed by atoms with Crippen LogP contribution in [0.25, 0.3) is 0 Å². The largest absolute Gasteiger partial charge is 0.366 e. The maximum absolute atomic E-state index is 11.4. The summed E-state index contributed by atoms with van der Waals surface area (Å²) in [6.45, 7) is 6.74. The zero-order valence-corrected chi connectivity index (χ0v) is 11.8. The molecule has 1 atom stereocenters. The van der Waals surface area contributed by atoms with Gasteiger partial charge in [0.2, 0.25) is 0 Å². The summed E-state index contributed by atoms with van der Waals surface area (Å²) in [6.07, 6.45) is 5.02. The number of carbonyl (C=O) groups is 1. The Morgan fingerprint density at radius 1 is 1.58 bits per heavy atom. The van der Waals surface area contributed by atoms with Crippen LogP contribution in [0.4, 0.5) is 0 Å². The van der Waals surface area contributed by atoms with Crippen molar-refractivity contribution >= 4 is 5.91 Å². The van der Waals surface area contributed by atoms with Crippen molar-refractivity contribution in [1.82, 2.24) is 9.88 Å². The van der Waals surface area contributed by atoms with E-state index >= 15 is 0 Å². The van der Waals surface area contributed by atoms with Gasteiger partial charge in [-0.2, -0.15) is 0 Å². The number of piperidine rings is 1. The first kappa shape index (κ1) is 14.0. The van der Waals surface area contributed by atoms with Crippen molar-refractivity contribution in [3.8, 4) is 0 Å². The van der Waals surface area contributed by atoms with Crippen molar-refractivity contribution in [3.63, 3.8) is 0 Å². The summed E-state index contributed by atoms with van der Waals surface area (Å²) < 4.78 is 0. The van der Waals surface area contributed by atoms with Gasteiger partial charge in [0.05, 0.1) is 11.3 Å². The molecule has 1 aliphatic rings. The van der Waals surface area contributed by atoms with Gasteiger partial charge in [-0.25, -0.2) is 0 Å². The molecule has 1 amide bonds. The molecule has 19 heavy (non-hydrogen) atoms. The Bertz CT molecular complexity index is 445. The fourth-order valence-corrected chi connectivity index (χ4v) is 2.83. The lowest BCUT2D eigenvalue weighted by atomic mass is 9.91. The van der Waals surface area contributed by atoms with Gasteiger partial charge in [-0.3, -0.25) is 9.78 Å². The number of primary amides is 1. The molecule has 0 aliphatic carbocycles. The third-order valence-corrected chi connectivity index (χ3v) is 3.92. The van der Waals surface area contributed by atoms with Crippen molar-refractivity contribution in [2.45, 2.75) is 39.2 Å². The third kappa shape index (κ3) is 3.53. The van der Waals surface area contributed by atoms with Crippen molar-refractivity contribution in [2.75, 3.05) is 13.1 Å². The highest BCUT2D eigenvalue weighted by Crippen LogP contribution is 2.22. The zero-order valence-electron chi connectivity index (χ0n) is 11.8. The number of hydrogen-bond donors (Lipinski definition) is 1. The number of nitrogens with zero attached hydrogens (tertiary/aromatic N) is 2. The van der Waals surface area contributed by atoms with Gasteiger partial charge in [-0.05, 0) is 57.7 Å². The van der Waals surface area contributed by atoms with E-state index in [0.29, 0.717) is 17.5 Å². The topological polar surface area (TPSA) is 59.2 Å². The van der Waals surface area contributed by atoms with Gasteiger partial charge in [0.25, 0.3) is 5.91 Å². The molecule has 1 unspecified atom stereocenters. The Labute approximate surface area is 115 Å². The molecule has 0 saturated carbocycles. The minimum Gasteiger partial charge on any atom is -0.366 e. The number of likely N-dealkylation sites (tertiary alicyclic amines) is 1. The lowest BCUT2D eigenvalue weighted by molar-refractivity contribution is 0.0997. The molecule has 2 N–H and O–H groups in total. The normalized spacial score (nSPS) is 20.7. The summed E-state index contributed by atoms with van der Waals surface area (Å²) >= 11 is 0. The van der Waals surface area contributed by atoms with Crippen LogP contribution in [0.15, 0.2) is 18.3 Å². The Morgan fingerprint density at radius 2 is 2.37 bits per heavy atom. The van der Waals surface area contributed by atoms with E-state index in [9.17, 15) is 4.79 Å². The van der Waals surface area contributed by atoms with E-state index in [0.717, 1.165) is 18.7 Å². The number of carbonyl (C=O) groups excluding carboxylic acids is 1. The van der Waals surface area contributed by atoms with Gasteiger partial charge in [-0.1, -0.05) is 0 Å². The van der Waals surface area contributed by atoms with Gasteiger partial charge in [0.15, 0.2) is 0 Å². The number of amides is 1. The average molecular weight is 261 g/mol. The summed E-state index contributed by atoms with van der Waals surface area (Å²) in [5.41, 5.74) is 6.83. The highest BCUT2D eigenvalue weighted by Gasteiger charge is 2.23. The van der Waals surface area contributed by atoms with E-state index in [1.807, 2.05) is 0 Å². The van der Waals surface area contributed by atoms with Crippen LogP contribution in [0.5, 0.6) is 0 Å². The summed E-state index contributed by atoms with van der Waals surface area (Å²) in [5, 5.41) is 0. The van der Waals surface area contributed by atoms with Crippen LogP contribution >= 0.6 is 0 Å². The molecule has 1 aromatic heterocycles. The van der Waals surface area contributed by atoms with Crippen LogP contribution in [0.3, 0.4) is 0 Å². The van der Waals surface area contributed by atoms with Gasteiger partial charge in [0.1, 0.15) is 0 Å². The summed E-state index contributed by atoms with van der Waals surface area (Å²) in [5.74, 6) is 0.198. The molecular weight excluding hydrogens is 238 g/mol. The average Bonchev–Trinajstić information content (AvgIpc) is 2.39. The first-order valence-electron chi connectivity index (χ1n) is 7.05. The van der Waals surface area contributed by atoms with E-state index in [-0.39, 0.29) is 5.91 Å². The third-order valence-electron chi connectivity index (χ3n) is 3.92. The first-order valence-corrected chi connectivity index (χ1v) is 7.05. The minimum absolute atomic E-state index is 0.375. The molecule has 4 nitrogen and oxygen atoms in total. The molecule has 1 fully saturated rings. The fourth-order valence-electron chi connectivity index (χ4n) is 2.83. The maximum Gasteiger partial charge on any atom is 0.250 e. The predicted octanol–water partition coefficient (Wildman–Crippen LogP) is 1.84. The summed E-state index contributed by atoms with van der Waals surface area (Å²) in [4.78, 5) is 18.3. The van der Waals surface area contributed by atoms with E-state index in [4.69, 9.17) is 5.73 Å². The monoisotopic (exact) mass is 261 g/mol. The summed E-state index contributed by atoms with van der Waals surface area (Å²) in [7, 11) is 0. The molecule has 1 aliphatic heterocycles. The molecule has 0 spiro atoms. The lowest BCUT2D eigenvalue weighted by Crippen LogP contribution is -2.40. The molecule has 0 bridgehead atoms. The van der Waals surface area contributed by atoms with Gasteiger partial charge >= 0.3 is 0 Å². The Kier molecular flexibility index (Phi) is 4.53. The molecule has 4 heteroatoms. The second-order valence-electron chi connectivity index (χ2n) is 5.66. The molecule has 2 rings (SSSR count). The molecule has 0 aromatic carbocycles. The number of aromatic nitrogens is 1. The van der Waals surface area contributed by atoms with Crippen LogP contribution in [0.2, 0.25) is 0 Å². The Morgan fingerprint density at radius 3 is 3.05 bits per heavy atom. The van der Waals surface area contributed by atoms with Crippen LogP contribution in [-0.4, -0.2) is 34.9 Å². The lowest BCUT2D eigenvalue weighted by Gasteiger charge is -2.35. The highest BCUT2D eigenvalue weighted by molar-refractivity contribution is 5.93. The van der Waals surface area contributed by atoms with Gasteiger partial charge in [0, 0.05) is 18.8 Å². The Balaban J connectivity index is 2.07. The first-order chi connectivity index (χ1) is 9.08. The second kappa shape index (κ2) is 6.15. The second-order valence-corrected chi connectivity index (χ2v) is 5.66. The fraction of sp³-hybridized carbons (Fsp3) is 0.600. The quantitative estimate of drug-likeness (QED) is 0.899. The number of hydrogen-bond acceptors (Lipinski definition) is 3. The van der Waals surface area contributed by atoms with E-state index < -0.39 is 0 Å². The number of rotatable bonds is 4. The minimum atomic E-state index is -0.375. The zero-order chi connectivity index (χ0) is 13.8. The van der Waals surface area contributed by atoms with E-state index in [2.05, 4.69) is 23.7 Å². The van der Waals surface area contributed by atoms with E-state index in [1.54, 1.807) is 18.3 Å². The number of pyridine rings is 1. The van der Waals surface area contributed by atoms with Crippen molar-refractivity contribution in [1.29, 1.82) is 0 Å². The summed E-state index contributed by atoms with van der Waals surface area (Å²) in [6, 6.07) is 4.13. The SMILES string of the molecule is CC(C)N1CCCC(Cc2ncccc2C(N)=O)C1. The predicted molar refractivity (Wildman–Crippen MR) is 75.9 cm³/mol. The van der Waals surface area contributed by atoms with Crippen LogP contribution in [0.1, 0.15) is 42.7 Å². The smallest absolute Gasteiger partial charge is 0.250 e. The molecule has 0 radical (unpaired) electrons. The number of nitrogens with two attached hydrogens (primary N) is 1. The Hall–Kier alpha value is -1.42. The molecular formula is C15H23N3O. The molecule has 104 valence electrons.